The molecule has 0 bridgehead atoms. The second-order valence-corrected chi connectivity index (χ2v) is 15.8. The highest BCUT2D eigenvalue weighted by atomic mass is 31.2. The van der Waals surface area contributed by atoms with Gasteiger partial charge in [-0.05, 0) is 60.9 Å². The molecule has 0 amide bonds. The molecule has 0 radical (unpaired) electrons. The summed E-state index contributed by atoms with van der Waals surface area (Å²) >= 11 is 0. The lowest BCUT2D eigenvalue weighted by atomic mass is 10.0. The second-order valence-electron chi connectivity index (χ2n) is 12.7. The minimum absolute atomic E-state index is 0.588. The first-order chi connectivity index (χ1) is 24.5. The van der Waals surface area contributed by atoms with Crippen LogP contribution >= 0.6 is 7.05 Å². The molecule has 0 saturated carbocycles. The van der Waals surface area contributed by atoms with Crippen LogP contribution in [-0.4, -0.2) is 14.1 Å². The zero-order valence-corrected chi connectivity index (χ0v) is 30.0. The lowest BCUT2D eigenvalue weighted by Gasteiger charge is -2.27. The van der Waals surface area contributed by atoms with E-state index in [2.05, 4.69) is 196 Å². The number of benzene rings is 6. The molecule has 4 nitrogen and oxygen atoms in total. The van der Waals surface area contributed by atoms with Gasteiger partial charge in [-0.1, -0.05) is 116 Å². The number of ether oxygens (including phenoxy) is 1. The molecule has 0 spiro atoms. The smallest absolute Gasteiger partial charge is 0.138 e. The topological polar surface area (TPSA) is 36.9 Å². The predicted molar refractivity (Wildman–Crippen MR) is 212 cm³/mol. The van der Waals surface area contributed by atoms with E-state index in [1.807, 2.05) is 0 Å². The molecule has 6 aromatic carbocycles. The predicted octanol–water partition coefficient (Wildman–Crippen LogP) is 8.35. The van der Waals surface area contributed by atoms with Crippen molar-refractivity contribution in [1.82, 2.24) is 5.32 Å². The summed E-state index contributed by atoms with van der Waals surface area (Å²) in [5.41, 5.74) is 10.00. The van der Waals surface area contributed by atoms with Crippen molar-refractivity contribution in [2.45, 2.75) is 26.8 Å². The molecule has 1 heterocycles. The molecule has 1 N–H and O–H groups in total. The van der Waals surface area contributed by atoms with Crippen molar-refractivity contribution in [3.8, 4) is 11.5 Å². The van der Waals surface area contributed by atoms with Crippen LogP contribution in [-0.2, 0) is 6.54 Å². The monoisotopic (exact) mass is 671 g/mol. The Bertz CT molecular complexity index is 2260. The first kappa shape index (κ1) is 33.0. The van der Waals surface area contributed by atoms with Gasteiger partial charge in [0.05, 0.1) is 18.4 Å². The van der Waals surface area contributed by atoms with Crippen LogP contribution in [0.5, 0.6) is 11.5 Å². The molecule has 0 atom stereocenters. The molecular weight excluding hydrogens is 629 g/mol. The Balaban J connectivity index is 1.40. The van der Waals surface area contributed by atoms with Crippen LogP contribution in [0.15, 0.2) is 162 Å². The summed E-state index contributed by atoms with van der Waals surface area (Å²) in [7, 11) is 1.66. The average Bonchev–Trinajstić information content (AvgIpc) is 3.16. The number of nitrogens with zero attached hydrogens (tertiary/aromatic N) is 2. The molecule has 5 heteroatoms. The Morgan fingerprint density at radius 2 is 1.30 bits per heavy atom. The first-order valence-electron chi connectivity index (χ1n) is 17.2. The Kier molecular flexibility index (Phi) is 9.58. The standard InChI is InChI=1S/C45H42N3OP/c1-5-33(2)29-34-25-27-40-43(30-34)49-44-31-36(48(3)4)26-28-41(44)45(40)46-32-35-17-15-16-24-42(35)47-50(37-18-9-6-10-19-37,38-20-11-7-12-21-38)39-22-13-8-14-23-39/h6-28,30-31,46H,5,32H2,1-4H3. The lowest BCUT2D eigenvalue weighted by molar-refractivity contribution is 0.470. The zero-order valence-electron chi connectivity index (χ0n) is 29.1. The second kappa shape index (κ2) is 14.5. The fourth-order valence-electron chi connectivity index (χ4n) is 6.41. The Labute approximate surface area is 295 Å². The van der Waals surface area contributed by atoms with E-state index in [4.69, 9.17) is 9.48 Å². The number of anilines is 1. The minimum atomic E-state index is -2.44. The van der Waals surface area contributed by atoms with Crippen LogP contribution in [0.2, 0.25) is 0 Å². The Hall–Kier alpha value is -5.53. The maximum absolute atomic E-state index is 6.59. The summed E-state index contributed by atoms with van der Waals surface area (Å²) < 4.78 is 12.4. The van der Waals surface area contributed by atoms with Gasteiger partial charge in [-0.2, -0.15) is 0 Å². The molecule has 6 aromatic rings. The van der Waals surface area contributed by atoms with E-state index in [0.29, 0.717) is 6.54 Å². The van der Waals surface area contributed by atoms with E-state index in [9.17, 15) is 0 Å². The molecule has 50 heavy (non-hydrogen) atoms. The third-order valence-corrected chi connectivity index (χ3v) is 12.9. The third kappa shape index (κ3) is 6.57. The quantitative estimate of drug-likeness (QED) is 0.157. The molecular formula is C45H42N3OP. The number of nitrogens with one attached hydrogen (secondary N) is 1. The van der Waals surface area contributed by atoms with Gasteiger partial charge in [0.15, 0.2) is 0 Å². The van der Waals surface area contributed by atoms with Gasteiger partial charge in [-0.3, -0.25) is 4.74 Å². The van der Waals surface area contributed by atoms with Crippen LogP contribution < -0.4 is 41.3 Å². The van der Waals surface area contributed by atoms with Gasteiger partial charge in [0.1, 0.15) is 11.5 Å². The SMILES string of the molecule is CCC(C)=C=c1ccc2c(c1)Oc1cc(N(C)C)ccc1C=2NCc1ccccc1N=P(c1ccccc1)(c1ccccc1)c1ccccc1. The summed E-state index contributed by atoms with van der Waals surface area (Å²) in [6.07, 6.45) is 0.957. The van der Waals surface area contributed by atoms with E-state index < -0.39 is 7.05 Å². The van der Waals surface area contributed by atoms with Gasteiger partial charge < -0.3 is 15.0 Å². The van der Waals surface area contributed by atoms with Crippen molar-refractivity contribution in [2.75, 3.05) is 19.0 Å². The molecule has 248 valence electrons. The van der Waals surface area contributed by atoms with Crippen molar-refractivity contribution in [3.05, 3.63) is 179 Å². The van der Waals surface area contributed by atoms with Gasteiger partial charge in [-0.15, -0.1) is 5.73 Å². The average molecular weight is 672 g/mol. The molecule has 0 saturated heterocycles. The molecule has 0 fully saturated rings. The third-order valence-electron chi connectivity index (χ3n) is 9.20. The van der Waals surface area contributed by atoms with Crippen molar-refractivity contribution < 1.29 is 4.74 Å². The van der Waals surface area contributed by atoms with Crippen molar-refractivity contribution in [2.24, 2.45) is 4.74 Å². The van der Waals surface area contributed by atoms with Gasteiger partial charge in [0.2, 0.25) is 0 Å². The van der Waals surface area contributed by atoms with Gasteiger partial charge in [0, 0.05) is 64.3 Å². The Morgan fingerprint density at radius 1 is 0.700 bits per heavy atom. The maximum Gasteiger partial charge on any atom is 0.138 e. The van der Waals surface area contributed by atoms with Crippen molar-refractivity contribution in [3.63, 3.8) is 0 Å². The highest BCUT2D eigenvalue weighted by Gasteiger charge is 2.28. The summed E-state index contributed by atoms with van der Waals surface area (Å²) in [6, 6.07) is 53.7. The number of allylic oxidation sites excluding steroid dienone is 1. The Morgan fingerprint density at radius 3 is 1.90 bits per heavy atom. The number of hydrogen-bond donors (Lipinski definition) is 1. The largest absolute Gasteiger partial charge is 0.456 e. The molecule has 1 aliphatic rings. The minimum Gasteiger partial charge on any atom is -0.456 e. The van der Waals surface area contributed by atoms with Crippen molar-refractivity contribution >= 4 is 45.8 Å². The van der Waals surface area contributed by atoms with Crippen LogP contribution in [0.25, 0.3) is 11.4 Å². The molecule has 0 aliphatic carbocycles. The van der Waals surface area contributed by atoms with Crippen molar-refractivity contribution in [1.29, 1.82) is 0 Å². The van der Waals surface area contributed by atoms with E-state index in [-0.39, 0.29) is 0 Å². The zero-order chi connectivity index (χ0) is 34.5. The number of hydrogen-bond acceptors (Lipinski definition) is 4. The maximum atomic E-state index is 6.59. The summed E-state index contributed by atoms with van der Waals surface area (Å²) in [6.45, 7) is 4.86. The number of rotatable bonds is 9. The number of fused-ring (bicyclic) bond motifs is 2. The lowest BCUT2D eigenvalue weighted by Crippen LogP contribution is -2.27. The normalized spacial score (nSPS) is 11.8. The molecule has 0 aromatic heterocycles. The summed E-state index contributed by atoms with van der Waals surface area (Å²) in [5.74, 6) is 1.66. The van der Waals surface area contributed by atoms with Gasteiger partial charge in [0.25, 0.3) is 0 Å². The van der Waals surface area contributed by atoms with E-state index in [1.54, 1.807) is 0 Å². The van der Waals surface area contributed by atoms with Crippen LogP contribution in [0, 0.1) is 0 Å². The molecule has 1 aliphatic heterocycles. The van der Waals surface area contributed by atoms with Gasteiger partial charge >= 0.3 is 0 Å². The molecule has 7 rings (SSSR count). The van der Waals surface area contributed by atoms with Crippen LogP contribution in [0.4, 0.5) is 11.4 Å². The fourth-order valence-corrected chi connectivity index (χ4v) is 9.98. The summed E-state index contributed by atoms with van der Waals surface area (Å²) in [5, 5.41) is 9.58. The van der Waals surface area contributed by atoms with E-state index in [0.717, 1.165) is 56.6 Å². The summed E-state index contributed by atoms with van der Waals surface area (Å²) in [4.78, 5) is 2.10. The van der Waals surface area contributed by atoms with E-state index in [1.165, 1.54) is 21.5 Å². The van der Waals surface area contributed by atoms with Crippen LogP contribution in [0.3, 0.4) is 0 Å². The molecule has 0 unspecified atom stereocenters. The first-order valence-corrected chi connectivity index (χ1v) is 18.9. The van der Waals surface area contributed by atoms with Gasteiger partial charge in [-0.25, -0.2) is 0 Å². The van der Waals surface area contributed by atoms with Crippen LogP contribution in [0.1, 0.15) is 31.4 Å². The van der Waals surface area contributed by atoms with E-state index >= 15 is 0 Å². The highest BCUT2D eigenvalue weighted by Crippen LogP contribution is 2.49. The highest BCUT2D eigenvalue weighted by molar-refractivity contribution is 7.87. The fraction of sp³-hybridized carbons (Fsp3) is 0.133.